The first-order chi connectivity index (χ1) is 11.8. The SMILES string of the molecule is CC[C@@H](Sc1ccc2nnc(-c3cccs3)n2n1)C(=O)N1CCC1. The first-order valence-electron chi connectivity index (χ1n) is 7.98. The van der Waals surface area contributed by atoms with Gasteiger partial charge in [0.05, 0.1) is 10.1 Å². The fourth-order valence-electron chi connectivity index (χ4n) is 2.59. The Hall–Kier alpha value is -1.93. The molecule has 0 bridgehead atoms. The Bertz CT molecular complexity index is 857. The third-order valence-electron chi connectivity index (χ3n) is 4.06. The van der Waals surface area contributed by atoms with Gasteiger partial charge in [0, 0.05) is 13.1 Å². The molecule has 6 nitrogen and oxygen atoms in total. The second-order valence-electron chi connectivity index (χ2n) is 5.64. The fraction of sp³-hybridized carbons (Fsp3) is 0.375. The first-order valence-corrected chi connectivity index (χ1v) is 9.74. The molecule has 1 saturated heterocycles. The quantitative estimate of drug-likeness (QED) is 0.656. The third kappa shape index (κ3) is 2.80. The Morgan fingerprint density at radius 2 is 2.21 bits per heavy atom. The van der Waals surface area contributed by atoms with Crippen LogP contribution in [0.15, 0.2) is 34.7 Å². The Kier molecular flexibility index (Phi) is 4.24. The number of nitrogens with zero attached hydrogens (tertiary/aromatic N) is 5. The molecule has 8 heteroatoms. The molecule has 3 aromatic heterocycles. The van der Waals surface area contributed by atoms with Gasteiger partial charge in [-0.25, -0.2) is 0 Å². The van der Waals surface area contributed by atoms with Gasteiger partial charge in [0.2, 0.25) is 5.91 Å². The summed E-state index contributed by atoms with van der Waals surface area (Å²) in [5.74, 6) is 0.961. The molecule has 0 aliphatic carbocycles. The van der Waals surface area contributed by atoms with Crippen molar-refractivity contribution in [3.8, 4) is 10.7 Å². The maximum absolute atomic E-state index is 12.5. The maximum Gasteiger partial charge on any atom is 0.236 e. The highest BCUT2D eigenvalue weighted by molar-refractivity contribution is 8.00. The second-order valence-corrected chi connectivity index (χ2v) is 7.81. The van der Waals surface area contributed by atoms with Crippen LogP contribution in [-0.4, -0.2) is 49.0 Å². The van der Waals surface area contributed by atoms with Crippen LogP contribution in [0.3, 0.4) is 0 Å². The number of fused-ring (bicyclic) bond motifs is 1. The summed E-state index contributed by atoms with van der Waals surface area (Å²) in [6.45, 7) is 3.82. The van der Waals surface area contributed by atoms with E-state index in [1.54, 1.807) is 15.9 Å². The van der Waals surface area contributed by atoms with Gasteiger partial charge < -0.3 is 4.90 Å². The first kappa shape index (κ1) is 15.6. The molecule has 1 amide bonds. The molecule has 0 radical (unpaired) electrons. The largest absolute Gasteiger partial charge is 0.342 e. The van der Waals surface area contributed by atoms with Crippen LogP contribution in [0.25, 0.3) is 16.3 Å². The van der Waals surface area contributed by atoms with Gasteiger partial charge >= 0.3 is 0 Å². The molecule has 4 rings (SSSR count). The van der Waals surface area contributed by atoms with Gasteiger partial charge in [0.25, 0.3) is 0 Å². The third-order valence-corrected chi connectivity index (χ3v) is 6.20. The molecule has 1 aliphatic rings. The van der Waals surface area contributed by atoms with Gasteiger partial charge in [-0.1, -0.05) is 24.8 Å². The van der Waals surface area contributed by atoms with Gasteiger partial charge in [-0.05, 0) is 36.4 Å². The summed E-state index contributed by atoms with van der Waals surface area (Å²) in [5, 5.41) is 15.8. The molecule has 124 valence electrons. The van der Waals surface area contributed by atoms with E-state index in [9.17, 15) is 4.79 Å². The van der Waals surface area contributed by atoms with Crippen molar-refractivity contribution in [3.63, 3.8) is 0 Å². The summed E-state index contributed by atoms with van der Waals surface area (Å²) in [4.78, 5) is 15.4. The van der Waals surface area contributed by atoms with E-state index in [-0.39, 0.29) is 11.2 Å². The summed E-state index contributed by atoms with van der Waals surface area (Å²) in [5.41, 5.74) is 0.713. The number of thioether (sulfide) groups is 1. The van der Waals surface area contributed by atoms with Crippen LogP contribution < -0.4 is 0 Å². The Labute approximate surface area is 147 Å². The number of amides is 1. The van der Waals surface area contributed by atoms with Crippen LogP contribution in [0, 0.1) is 0 Å². The number of hydrogen-bond donors (Lipinski definition) is 0. The van der Waals surface area contributed by atoms with Crippen molar-refractivity contribution < 1.29 is 4.79 Å². The zero-order chi connectivity index (χ0) is 16.5. The molecule has 1 aliphatic heterocycles. The van der Waals surface area contributed by atoms with Crippen LogP contribution in [0.1, 0.15) is 19.8 Å². The van der Waals surface area contributed by atoms with E-state index in [0.29, 0.717) is 5.65 Å². The lowest BCUT2D eigenvalue weighted by atomic mass is 10.2. The monoisotopic (exact) mass is 359 g/mol. The van der Waals surface area contributed by atoms with E-state index in [2.05, 4.69) is 15.3 Å². The van der Waals surface area contributed by atoms with E-state index < -0.39 is 0 Å². The molecular formula is C16H17N5OS2. The molecule has 0 saturated carbocycles. The van der Waals surface area contributed by atoms with Crippen molar-refractivity contribution in [3.05, 3.63) is 29.6 Å². The highest BCUT2D eigenvalue weighted by Crippen LogP contribution is 2.28. The van der Waals surface area contributed by atoms with Gasteiger partial charge in [0.15, 0.2) is 11.5 Å². The molecule has 24 heavy (non-hydrogen) atoms. The number of aromatic nitrogens is 4. The van der Waals surface area contributed by atoms with Crippen molar-refractivity contribution in [2.45, 2.75) is 30.0 Å². The van der Waals surface area contributed by atoms with Crippen molar-refractivity contribution in [1.29, 1.82) is 0 Å². The van der Waals surface area contributed by atoms with Crippen molar-refractivity contribution in [2.75, 3.05) is 13.1 Å². The highest BCUT2D eigenvalue weighted by Gasteiger charge is 2.28. The van der Waals surface area contributed by atoms with Gasteiger partial charge in [-0.15, -0.1) is 21.5 Å². The predicted molar refractivity (Wildman–Crippen MR) is 95.2 cm³/mol. The smallest absolute Gasteiger partial charge is 0.236 e. The van der Waals surface area contributed by atoms with Crippen LogP contribution >= 0.6 is 23.1 Å². The lowest BCUT2D eigenvalue weighted by Crippen LogP contribution is -2.46. The Balaban J connectivity index is 1.62. The molecule has 3 aromatic rings. The average molecular weight is 359 g/mol. The topological polar surface area (TPSA) is 63.4 Å². The molecular weight excluding hydrogens is 342 g/mol. The fourth-order valence-corrected chi connectivity index (χ4v) is 4.27. The van der Waals surface area contributed by atoms with Crippen LogP contribution in [0.2, 0.25) is 0 Å². The molecule has 1 fully saturated rings. The van der Waals surface area contributed by atoms with Crippen LogP contribution in [-0.2, 0) is 4.79 Å². The summed E-state index contributed by atoms with van der Waals surface area (Å²) >= 11 is 3.13. The maximum atomic E-state index is 12.5. The summed E-state index contributed by atoms with van der Waals surface area (Å²) in [6, 6.07) is 7.81. The molecule has 4 heterocycles. The summed E-state index contributed by atoms with van der Waals surface area (Å²) in [6.07, 6.45) is 1.90. The second kappa shape index (κ2) is 6.52. The number of carbonyl (C=O) groups excluding carboxylic acids is 1. The van der Waals surface area contributed by atoms with Gasteiger partial charge in [-0.3, -0.25) is 4.79 Å². The summed E-state index contributed by atoms with van der Waals surface area (Å²) in [7, 11) is 0. The molecule has 0 N–H and O–H groups in total. The van der Waals surface area contributed by atoms with Crippen molar-refractivity contribution >= 4 is 34.7 Å². The normalized spacial score (nSPS) is 15.5. The predicted octanol–water partition coefficient (Wildman–Crippen LogP) is 2.96. The van der Waals surface area contributed by atoms with Crippen molar-refractivity contribution in [2.24, 2.45) is 0 Å². The van der Waals surface area contributed by atoms with Crippen molar-refractivity contribution in [1.82, 2.24) is 24.7 Å². The van der Waals surface area contributed by atoms with Crippen LogP contribution in [0.4, 0.5) is 0 Å². The Morgan fingerprint density at radius 1 is 1.33 bits per heavy atom. The number of thiophene rings is 1. The van der Waals surface area contributed by atoms with E-state index in [0.717, 1.165) is 41.7 Å². The minimum Gasteiger partial charge on any atom is -0.342 e. The van der Waals surface area contributed by atoms with E-state index in [4.69, 9.17) is 0 Å². The number of carbonyl (C=O) groups is 1. The molecule has 1 atom stereocenters. The average Bonchev–Trinajstić information content (AvgIpc) is 3.19. The molecule has 0 unspecified atom stereocenters. The lowest BCUT2D eigenvalue weighted by Gasteiger charge is -2.33. The van der Waals surface area contributed by atoms with Gasteiger partial charge in [-0.2, -0.15) is 9.61 Å². The number of hydrogen-bond acceptors (Lipinski definition) is 6. The zero-order valence-corrected chi connectivity index (χ0v) is 14.9. The highest BCUT2D eigenvalue weighted by atomic mass is 32.2. The van der Waals surface area contributed by atoms with E-state index in [1.807, 2.05) is 41.5 Å². The summed E-state index contributed by atoms with van der Waals surface area (Å²) < 4.78 is 1.76. The zero-order valence-electron chi connectivity index (χ0n) is 13.3. The minimum atomic E-state index is -0.0862. The minimum absolute atomic E-state index is 0.0862. The molecule has 0 spiro atoms. The number of rotatable bonds is 5. The molecule has 0 aromatic carbocycles. The Morgan fingerprint density at radius 3 is 2.88 bits per heavy atom. The van der Waals surface area contributed by atoms with E-state index >= 15 is 0 Å². The van der Waals surface area contributed by atoms with Gasteiger partial charge in [0.1, 0.15) is 5.03 Å². The number of likely N-dealkylation sites (tertiary alicyclic amines) is 1. The lowest BCUT2D eigenvalue weighted by molar-refractivity contribution is -0.134. The van der Waals surface area contributed by atoms with Crippen LogP contribution in [0.5, 0.6) is 0 Å². The van der Waals surface area contributed by atoms with E-state index in [1.165, 1.54) is 11.8 Å². The standard InChI is InChI=1S/C16H17N5OS2/c1-2-11(16(22)20-8-4-9-20)24-14-7-6-13-17-18-15(21(13)19-14)12-5-3-10-23-12/h3,5-7,10-11H,2,4,8-9H2,1H3/t11-/m1/s1.